The number of aromatic hydroxyl groups is 1. The SMILES string of the molecule is COC(=O)CC/C=C\C[C@@H]1COC(c2ccccc2O)O[C@@H]1c1ccccc1OC(C)=O. The highest BCUT2D eigenvalue weighted by molar-refractivity contribution is 5.70. The number of ether oxygens (including phenoxy) is 4. The van der Waals surface area contributed by atoms with Gasteiger partial charge in [0.05, 0.1) is 19.8 Å². The van der Waals surface area contributed by atoms with Gasteiger partial charge < -0.3 is 24.1 Å². The van der Waals surface area contributed by atoms with Gasteiger partial charge in [0, 0.05) is 30.4 Å². The number of carbonyl (C=O) groups is 2. The molecule has 1 saturated heterocycles. The first-order chi connectivity index (χ1) is 15.5. The van der Waals surface area contributed by atoms with Gasteiger partial charge in [0.15, 0.2) is 6.29 Å². The Kier molecular flexibility index (Phi) is 8.41. The number of phenols is 1. The molecule has 0 bridgehead atoms. The van der Waals surface area contributed by atoms with Gasteiger partial charge in [0.25, 0.3) is 0 Å². The van der Waals surface area contributed by atoms with Crippen LogP contribution in [0.1, 0.15) is 49.7 Å². The van der Waals surface area contributed by atoms with Gasteiger partial charge in [-0.25, -0.2) is 0 Å². The van der Waals surface area contributed by atoms with E-state index in [0.717, 1.165) is 5.56 Å². The zero-order valence-electron chi connectivity index (χ0n) is 18.2. The highest BCUT2D eigenvalue weighted by Crippen LogP contribution is 2.44. The van der Waals surface area contributed by atoms with E-state index in [2.05, 4.69) is 4.74 Å². The molecule has 1 aliphatic rings. The molecule has 0 spiro atoms. The molecule has 7 nitrogen and oxygen atoms in total. The van der Waals surface area contributed by atoms with E-state index in [4.69, 9.17) is 14.2 Å². The molecule has 32 heavy (non-hydrogen) atoms. The van der Waals surface area contributed by atoms with E-state index in [0.29, 0.717) is 37.2 Å². The van der Waals surface area contributed by atoms with Crippen molar-refractivity contribution >= 4 is 11.9 Å². The lowest BCUT2D eigenvalue weighted by Gasteiger charge is -2.37. The van der Waals surface area contributed by atoms with E-state index in [9.17, 15) is 14.7 Å². The zero-order chi connectivity index (χ0) is 22.9. The molecule has 0 amide bonds. The first-order valence-corrected chi connectivity index (χ1v) is 10.5. The molecule has 2 aromatic carbocycles. The lowest BCUT2D eigenvalue weighted by atomic mass is 9.91. The van der Waals surface area contributed by atoms with Crippen molar-refractivity contribution in [1.29, 1.82) is 0 Å². The standard InChI is InChI=1S/C25H28O7/c1-17(26)31-22-14-9-7-12-20(22)24-18(10-4-3-5-15-23(28)29-2)16-30-25(32-24)19-11-6-8-13-21(19)27/h3-4,6-9,11-14,18,24-25,27H,5,10,15-16H2,1-2H3/b4-3-/t18-,24+,25?/m1/s1. The minimum atomic E-state index is -0.758. The predicted octanol–water partition coefficient (Wildman–Crippen LogP) is 4.62. The summed E-state index contributed by atoms with van der Waals surface area (Å²) in [5.41, 5.74) is 1.27. The van der Waals surface area contributed by atoms with Crippen LogP contribution < -0.4 is 4.74 Å². The average molecular weight is 440 g/mol. The Morgan fingerprint density at radius 3 is 2.53 bits per heavy atom. The van der Waals surface area contributed by atoms with Gasteiger partial charge in [-0.15, -0.1) is 0 Å². The minimum absolute atomic E-state index is 0.0665. The van der Waals surface area contributed by atoms with Crippen molar-refractivity contribution in [2.24, 2.45) is 5.92 Å². The van der Waals surface area contributed by atoms with E-state index in [-0.39, 0.29) is 17.6 Å². The lowest BCUT2D eigenvalue weighted by Crippen LogP contribution is -2.31. The molecule has 7 heteroatoms. The molecular formula is C25H28O7. The Bertz CT molecular complexity index is 953. The number of hydrogen-bond donors (Lipinski definition) is 1. The zero-order valence-corrected chi connectivity index (χ0v) is 18.2. The van der Waals surface area contributed by atoms with E-state index < -0.39 is 18.4 Å². The fourth-order valence-electron chi connectivity index (χ4n) is 3.61. The largest absolute Gasteiger partial charge is 0.507 e. The molecule has 3 atom stereocenters. The second kappa shape index (κ2) is 11.5. The van der Waals surface area contributed by atoms with Crippen LogP contribution in [0.2, 0.25) is 0 Å². The quantitative estimate of drug-likeness (QED) is 0.364. The summed E-state index contributed by atoms with van der Waals surface area (Å²) >= 11 is 0. The maximum Gasteiger partial charge on any atom is 0.308 e. The van der Waals surface area contributed by atoms with Crippen LogP contribution in [0.4, 0.5) is 0 Å². The number of allylic oxidation sites excluding steroid dienone is 2. The Hall–Kier alpha value is -3.16. The molecular weight excluding hydrogens is 412 g/mol. The third-order valence-corrected chi connectivity index (χ3v) is 5.18. The maximum absolute atomic E-state index is 11.6. The molecule has 3 rings (SSSR count). The van der Waals surface area contributed by atoms with Crippen LogP contribution in [0.25, 0.3) is 0 Å². The highest BCUT2D eigenvalue weighted by atomic mass is 16.7. The van der Waals surface area contributed by atoms with Crippen molar-refractivity contribution in [3.63, 3.8) is 0 Å². The highest BCUT2D eigenvalue weighted by Gasteiger charge is 2.35. The van der Waals surface area contributed by atoms with Crippen LogP contribution in [0.15, 0.2) is 60.7 Å². The molecule has 0 saturated carbocycles. The monoisotopic (exact) mass is 440 g/mol. The molecule has 170 valence electrons. The summed E-state index contributed by atoms with van der Waals surface area (Å²) in [6.45, 7) is 1.73. The van der Waals surface area contributed by atoms with Gasteiger partial charge in [-0.05, 0) is 25.0 Å². The van der Waals surface area contributed by atoms with Gasteiger partial charge >= 0.3 is 11.9 Å². The van der Waals surface area contributed by atoms with Crippen molar-refractivity contribution in [2.45, 2.75) is 38.6 Å². The molecule has 1 fully saturated rings. The number of esters is 2. The topological polar surface area (TPSA) is 91.3 Å². The molecule has 1 unspecified atom stereocenters. The molecule has 2 aromatic rings. The average Bonchev–Trinajstić information content (AvgIpc) is 2.79. The Labute approximate surface area is 187 Å². The molecule has 1 aliphatic heterocycles. The first kappa shape index (κ1) is 23.5. The van der Waals surface area contributed by atoms with Crippen LogP contribution in [-0.4, -0.2) is 30.8 Å². The number of carbonyl (C=O) groups excluding carboxylic acids is 2. The van der Waals surface area contributed by atoms with Gasteiger partial charge in [0.1, 0.15) is 11.5 Å². The van der Waals surface area contributed by atoms with Gasteiger partial charge in [-0.2, -0.15) is 0 Å². The van der Waals surface area contributed by atoms with Gasteiger partial charge in [-0.3, -0.25) is 9.59 Å². The second-order valence-electron chi connectivity index (χ2n) is 7.49. The van der Waals surface area contributed by atoms with Gasteiger partial charge in [-0.1, -0.05) is 48.6 Å². The second-order valence-corrected chi connectivity index (χ2v) is 7.49. The third-order valence-electron chi connectivity index (χ3n) is 5.18. The van der Waals surface area contributed by atoms with Gasteiger partial charge in [0.2, 0.25) is 0 Å². The Morgan fingerprint density at radius 2 is 1.81 bits per heavy atom. The number of benzene rings is 2. The number of hydrogen-bond acceptors (Lipinski definition) is 7. The molecule has 1 heterocycles. The van der Waals surface area contributed by atoms with Crippen molar-refractivity contribution in [3.8, 4) is 11.5 Å². The number of phenolic OH excluding ortho intramolecular Hbond substituents is 1. The predicted molar refractivity (Wildman–Crippen MR) is 117 cm³/mol. The number of rotatable bonds is 8. The molecule has 0 aliphatic carbocycles. The lowest BCUT2D eigenvalue weighted by molar-refractivity contribution is -0.244. The summed E-state index contributed by atoms with van der Waals surface area (Å²) in [5.74, 6) is -0.213. The van der Waals surface area contributed by atoms with E-state index in [1.807, 2.05) is 24.3 Å². The number of methoxy groups -OCH3 is 1. The summed E-state index contributed by atoms with van der Waals surface area (Å²) in [6.07, 6.45) is 4.26. The smallest absolute Gasteiger partial charge is 0.308 e. The summed E-state index contributed by atoms with van der Waals surface area (Å²) in [5, 5.41) is 10.2. The summed E-state index contributed by atoms with van der Waals surface area (Å²) in [6, 6.07) is 14.1. The van der Waals surface area contributed by atoms with Crippen LogP contribution in [0, 0.1) is 5.92 Å². The van der Waals surface area contributed by atoms with Crippen LogP contribution in [0.5, 0.6) is 11.5 Å². The minimum Gasteiger partial charge on any atom is -0.507 e. The van der Waals surface area contributed by atoms with Crippen molar-refractivity contribution in [2.75, 3.05) is 13.7 Å². The summed E-state index contributed by atoms with van der Waals surface area (Å²) in [4.78, 5) is 22.9. The fraction of sp³-hybridized carbons (Fsp3) is 0.360. The summed E-state index contributed by atoms with van der Waals surface area (Å²) in [7, 11) is 1.37. The maximum atomic E-state index is 11.6. The Balaban J connectivity index is 1.82. The normalized spacial score (nSPS) is 20.8. The van der Waals surface area contributed by atoms with E-state index in [1.54, 1.807) is 36.4 Å². The van der Waals surface area contributed by atoms with Crippen molar-refractivity contribution in [1.82, 2.24) is 0 Å². The third kappa shape index (κ3) is 6.18. The molecule has 0 aromatic heterocycles. The fourth-order valence-corrected chi connectivity index (χ4v) is 3.61. The van der Waals surface area contributed by atoms with Crippen LogP contribution in [0.3, 0.4) is 0 Å². The first-order valence-electron chi connectivity index (χ1n) is 10.5. The van der Waals surface area contributed by atoms with E-state index in [1.165, 1.54) is 14.0 Å². The van der Waals surface area contributed by atoms with Crippen molar-refractivity contribution < 1.29 is 33.6 Å². The van der Waals surface area contributed by atoms with E-state index >= 15 is 0 Å². The Morgan fingerprint density at radius 1 is 1.09 bits per heavy atom. The molecule has 0 radical (unpaired) electrons. The molecule has 1 N–H and O–H groups in total. The van der Waals surface area contributed by atoms with Crippen LogP contribution in [-0.2, 0) is 23.8 Å². The van der Waals surface area contributed by atoms with Crippen molar-refractivity contribution in [3.05, 3.63) is 71.8 Å². The van der Waals surface area contributed by atoms with Crippen LogP contribution >= 0.6 is 0 Å². The summed E-state index contributed by atoms with van der Waals surface area (Å²) < 4.78 is 22.3. The number of para-hydroxylation sites is 2.